The minimum absolute atomic E-state index is 0.0151. The second-order valence-corrected chi connectivity index (χ2v) is 2.87. The first-order valence-electron chi connectivity index (χ1n) is 4.24. The molecule has 0 aromatic rings. The van der Waals surface area contributed by atoms with Gasteiger partial charge in [0, 0.05) is 6.08 Å². The third-order valence-electron chi connectivity index (χ3n) is 1.61. The Balaban J connectivity index is 2.20. The van der Waals surface area contributed by atoms with Gasteiger partial charge in [-0.2, -0.15) is 0 Å². The van der Waals surface area contributed by atoms with Crippen molar-refractivity contribution >= 4 is 11.9 Å². The number of rotatable bonds is 5. The lowest BCUT2D eigenvalue weighted by Gasteiger charge is -2.10. The molecule has 2 unspecified atom stereocenters. The van der Waals surface area contributed by atoms with Crippen LogP contribution in [0.2, 0.25) is 0 Å². The highest BCUT2D eigenvalue weighted by atomic mass is 16.6. The molecule has 0 saturated carbocycles. The van der Waals surface area contributed by atoms with Crippen LogP contribution in [0.1, 0.15) is 6.92 Å². The maximum atomic E-state index is 11.1. The Hall–Kier alpha value is -1.36. The molecular weight excluding hydrogens is 188 g/mol. The summed E-state index contributed by atoms with van der Waals surface area (Å²) in [5.41, 5.74) is 0. The van der Waals surface area contributed by atoms with Gasteiger partial charge in [-0.1, -0.05) is 6.58 Å². The Morgan fingerprint density at radius 3 is 2.86 bits per heavy atom. The molecule has 78 valence electrons. The normalized spacial score (nSPS) is 20.8. The van der Waals surface area contributed by atoms with Gasteiger partial charge in [0.2, 0.25) is 0 Å². The summed E-state index contributed by atoms with van der Waals surface area (Å²) in [6, 6.07) is 0. The summed E-state index contributed by atoms with van der Waals surface area (Å²) in [6.07, 6.45) is 0.105. The maximum absolute atomic E-state index is 11.1. The van der Waals surface area contributed by atoms with Crippen molar-refractivity contribution in [2.75, 3.05) is 13.2 Å². The van der Waals surface area contributed by atoms with Crippen LogP contribution >= 0.6 is 0 Å². The van der Waals surface area contributed by atoms with E-state index in [1.807, 2.05) is 0 Å². The van der Waals surface area contributed by atoms with Gasteiger partial charge in [-0.05, 0) is 6.92 Å². The Morgan fingerprint density at radius 1 is 1.71 bits per heavy atom. The van der Waals surface area contributed by atoms with Gasteiger partial charge in [0.15, 0.2) is 6.10 Å². The van der Waals surface area contributed by atoms with Crippen LogP contribution in [0.4, 0.5) is 0 Å². The molecule has 0 N–H and O–H groups in total. The molecule has 14 heavy (non-hydrogen) atoms. The van der Waals surface area contributed by atoms with E-state index in [-0.39, 0.29) is 12.7 Å². The van der Waals surface area contributed by atoms with Gasteiger partial charge in [0.1, 0.15) is 12.7 Å². The first kappa shape index (κ1) is 10.7. The molecule has 1 heterocycles. The average Bonchev–Trinajstić information content (AvgIpc) is 2.97. The molecule has 0 aliphatic carbocycles. The minimum atomic E-state index is -0.903. The van der Waals surface area contributed by atoms with Crippen molar-refractivity contribution in [3.63, 3.8) is 0 Å². The molecule has 1 rings (SSSR count). The number of hydrogen-bond donors (Lipinski definition) is 0. The van der Waals surface area contributed by atoms with Crippen molar-refractivity contribution in [1.29, 1.82) is 0 Å². The Bertz CT molecular complexity index is 244. The molecule has 0 amide bonds. The summed E-state index contributed by atoms with van der Waals surface area (Å²) in [5.74, 6) is -1.21. The predicted octanol–water partition coefficient (Wildman–Crippen LogP) is 0.0461. The summed E-state index contributed by atoms with van der Waals surface area (Å²) in [4.78, 5) is 21.8. The van der Waals surface area contributed by atoms with E-state index in [1.165, 1.54) is 6.92 Å². The molecule has 1 aliphatic rings. The van der Waals surface area contributed by atoms with Crippen molar-refractivity contribution in [3.05, 3.63) is 12.7 Å². The highest BCUT2D eigenvalue weighted by Gasteiger charge is 2.26. The molecule has 0 spiro atoms. The van der Waals surface area contributed by atoms with Crippen LogP contribution in [-0.4, -0.2) is 37.4 Å². The topological polar surface area (TPSA) is 65.1 Å². The zero-order chi connectivity index (χ0) is 10.6. The molecular formula is C9H12O5. The summed E-state index contributed by atoms with van der Waals surface area (Å²) >= 11 is 0. The molecule has 0 aromatic heterocycles. The van der Waals surface area contributed by atoms with Crippen LogP contribution in [0, 0.1) is 0 Å². The highest BCUT2D eigenvalue weighted by Crippen LogP contribution is 2.09. The van der Waals surface area contributed by atoms with E-state index in [2.05, 4.69) is 11.3 Å². The van der Waals surface area contributed by atoms with E-state index in [1.54, 1.807) is 0 Å². The molecule has 0 radical (unpaired) electrons. The third kappa shape index (κ3) is 3.57. The fourth-order valence-corrected chi connectivity index (χ4v) is 0.727. The van der Waals surface area contributed by atoms with Gasteiger partial charge in [-0.15, -0.1) is 0 Å². The van der Waals surface area contributed by atoms with Crippen molar-refractivity contribution in [2.45, 2.75) is 19.1 Å². The second-order valence-electron chi connectivity index (χ2n) is 2.87. The van der Waals surface area contributed by atoms with Crippen LogP contribution in [0.25, 0.3) is 0 Å². The molecule has 2 atom stereocenters. The van der Waals surface area contributed by atoms with Gasteiger partial charge in [-0.25, -0.2) is 9.59 Å². The van der Waals surface area contributed by atoms with Crippen molar-refractivity contribution in [1.82, 2.24) is 0 Å². The number of ether oxygens (including phenoxy) is 3. The number of carbonyl (C=O) groups excluding carboxylic acids is 2. The third-order valence-corrected chi connectivity index (χ3v) is 1.61. The first-order valence-corrected chi connectivity index (χ1v) is 4.24. The lowest BCUT2D eigenvalue weighted by atomic mass is 10.4. The van der Waals surface area contributed by atoms with Gasteiger partial charge in [-0.3, -0.25) is 0 Å². The standard InChI is InChI=1S/C9H12O5/c1-3-8(10)14-6(2)9(11)13-5-7-4-12-7/h3,6-7H,1,4-5H2,2H3. The van der Waals surface area contributed by atoms with E-state index in [4.69, 9.17) is 9.47 Å². The van der Waals surface area contributed by atoms with E-state index in [9.17, 15) is 9.59 Å². The van der Waals surface area contributed by atoms with Crippen LogP contribution in [-0.2, 0) is 23.8 Å². The Morgan fingerprint density at radius 2 is 2.36 bits per heavy atom. The molecule has 5 nitrogen and oxygen atoms in total. The monoisotopic (exact) mass is 200 g/mol. The zero-order valence-electron chi connectivity index (χ0n) is 7.89. The number of carbonyl (C=O) groups is 2. The number of esters is 2. The van der Waals surface area contributed by atoms with E-state index >= 15 is 0 Å². The smallest absolute Gasteiger partial charge is 0.347 e. The largest absolute Gasteiger partial charge is 0.460 e. The molecule has 1 saturated heterocycles. The van der Waals surface area contributed by atoms with Crippen molar-refractivity contribution in [2.24, 2.45) is 0 Å². The molecule has 1 aliphatic heterocycles. The number of epoxide rings is 1. The van der Waals surface area contributed by atoms with E-state index < -0.39 is 18.0 Å². The Labute approximate surface area is 81.6 Å². The number of hydrogen-bond acceptors (Lipinski definition) is 5. The maximum Gasteiger partial charge on any atom is 0.347 e. The molecule has 0 bridgehead atoms. The summed E-state index contributed by atoms with van der Waals surface area (Å²) in [5, 5.41) is 0. The summed E-state index contributed by atoms with van der Waals surface area (Å²) in [7, 11) is 0. The van der Waals surface area contributed by atoms with E-state index in [0.717, 1.165) is 6.08 Å². The van der Waals surface area contributed by atoms with Gasteiger partial charge >= 0.3 is 11.9 Å². The van der Waals surface area contributed by atoms with Gasteiger partial charge < -0.3 is 14.2 Å². The fraction of sp³-hybridized carbons (Fsp3) is 0.556. The van der Waals surface area contributed by atoms with E-state index in [0.29, 0.717) is 6.61 Å². The van der Waals surface area contributed by atoms with Crippen LogP contribution < -0.4 is 0 Å². The fourth-order valence-electron chi connectivity index (χ4n) is 0.727. The molecule has 0 aromatic carbocycles. The average molecular weight is 200 g/mol. The minimum Gasteiger partial charge on any atom is -0.460 e. The van der Waals surface area contributed by atoms with Crippen molar-refractivity contribution in [3.8, 4) is 0 Å². The SMILES string of the molecule is C=CC(=O)OC(C)C(=O)OCC1CO1. The molecule has 5 heteroatoms. The zero-order valence-corrected chi connectivity index (χ0v) is 7.89. The van der Waals surface area contributed by atoms with Gasteiger partial charge in [0.05, 0.1) is 6.61 Å². The lowest BCUT2D eigenvalue weighted by Crippen LogP contribution is -2.26. The van der Waals surface area contributed by atoms with Crippen molar-refractivity contribution < 1.29 is 23.8 Å². The predicted molar refractivity (Wildman–Crippen MR) is 46.5 cm³/mol. The quantitative estimate of drug-likeness (QED) is 0.356. The summed E-state index contributed by atoms with van der Waals surface area (Å²) in [6.45, 7) is 5.49. The molecule has 1 fully saturated rings. The van der Waals surface area contributed by atoms with Crippen LogP contribution in [0.15, 0.2) is 12.7 Å². The van der Waals surface area contributed by atoms with Crippen LogP contribution in [0.5, 0.6) is 0 Å². The lowest BCUT2D eigenvalue weighted by molar-refractivity contribution is -0.164. The highest BCUT2D eigenvalue weighted by molar-refractivity contribution is 5.84. The summed E-state index contributed by atoms with van der Waals surface area (Å²) < 4.78 is 14.3. The Kier molecular flexibility index (Phi) is 3.64. The van der Waals surface area contributed by atoms with Gasteiger partial charge in [0.25, 0.3) is 0 Å². The second kappa shape index (κ2) is 4.76. The first-order chi connectivity index (χ1) is 6.63. The van der Waals surface area contributed by atoms with Crippen LogP contribution in [0.3, 0.4) is 0 Å².